The Morgan fingerprint density at radius 2 is 2.16 bits per heavy atom. The monoisotopic (exact) mass is 256 g/mol. The van der Waals surface area contributed by atoms with Crippen molar-refractivity contribution < 1.29 is 4.74 Å². The van der Waals surface area contributed by atoms with Crippen LogP contribution in [-0.4, -0.2) is 17.7 Å². The number of benzene rings is 1. The van der Waals surface area contributed by atoms with Crippen LogP contribution >= 0.6 is 0 Å². The number of nitrogens with zero attached hydrogens (tertiary/aromatic N) is 1. The van der Waals surface area contributed by atoms with E-state index in [4.69, 9.17) is 4.74 Å². The van der Waals surface area contributed by atoms with Crippen molar-refractivity contribution in [3.05, 3.63) is 53.9 Å². The van der Waals surface area contributed by atoms with Crippen molar-refractivity contribution in [3.63, 3.8) is 0 Å². The van der Waals surface area contributed by atoms with Crippen LogP contribution in [0.2, 0.25) is 0 Å². The first kappa shape index (κ1) is 12.3. The average Bonchev–Trinajstić information content (AvgIpc) is 3.17. The molecule has 1 aliphatic carbocycles. The number of nitrogens with one attached hydrogen (secondary N) is 1. The highest BCUT2D eigenvalue weighted by Gasteiger charge is 2.19. The summed E-state index contributed by atoms with van der Waals surface area (Å²) in [7, 11) is 1.70. The lowest BCUT2D eigenvalue weighted by atomic mass is 10.2. The van der Waals surface area contributed by atoms with Crippen molar-refractivity contribution in [1.29, 1.82) is 0 Å². The van der Waals surface area contributed by atoms with E-state index in [2.05, 4.69) is 40.5 Å². The molecule has 0 spiro atoms. The summed E-state index contributed by atoms with van der Waals surface area (Å²) in [6, 6.07) is 11.2. The van der Waals surface area contributed by atoms with Gasteiger partial charge in [0.25, 0.3) is 0 Å². The Hall–Kier alpha value is -1.74. The van der Waals surface area contributed by atoms with Crippen molar-refractivity contribution in [3.8, 4) is 5.75 Å². The van der Waals surface area contributed by atoms with Crippen molar-refractivity contribution in [2.45, 2.75) is 32.0 Å². The fourth-order valence-electron chi connectivity index (χ4n) is 2.22. The Morgan fingerprint density at radius 3 is 2.95 bits per heavy atom. The minimum atomic E-state index is 0.765. The van der Waals surface area contributed by atoms with E-state index in [0.29, 0.717) is 0 Å². The lowest BCUT2D eigenvalue weighted by Gasteiger charge is -2.05. The summed E-state index contributed by atoms with van der Waals surface area (Å²) >= 11 is 0. The number of rotatable bonds is 6. The quantitative estimate of drug-likeness (QED) is 0.860. The maximum atomic E-state index is 5.25. The highest BCUT2D eigenvalue weighted by Crippen LogP contribution is 2.19. The Bertz CT molecular complexity index is 543. The molecular formula is C16H20N2O. The largest absolute Gasteiger partial charge is 0.497 e. The molecule has 0 saturated heterocycles. The minimum Gasteiger partial charge on any atom is -0.497 e. The molecule has 3 heteroatoms. The van der Waals surface area contributed by atoms with Crippen LogP contribution in [0.3, 0.4) is 0 Å². The van der Waals surface area contributed by atoms with Crippen molar-refractivity contribution in [1.82, 2.24) is 9.88 Å². The Kier molecular flexibility index (Phi) is 3.56. The van der Waals surface area contributed by atoms with Crippen LogP contribution in [0.15, 0.2) is 42.7 Å². The first-order chi connectivity index (χ1) is 9.33. The van der Waals surface area contributed by atoms with Crippen LogP contribution in [0.5, 0.6) is 5.75 Å². The lowest BCUT2D eigenvalue weighted by molar-refractivity contribution is 0.414. The van der Waals surface area contributed by atoms with Crippen molar-refractivity contribution in [2.75, 3.05) is 7.11 Å². The SMILES string of the molecule is COc1cccc(Cn2ccc(CNC3CC3)c2)c1. The zero-order chi connectivity index (χ0) is 13.1. The van der Waals surface area contributed by atoms with E-state index in [1.165, 1.54) is 24.0 Å². The van der Waals surface area contributed by atoms with Gasteiger partial charge in [0.05, 0.1) is 7.11 Å². The van der Waals surface area contributed by atoms with Crippen LogP contribution in [-0.2, 0) is 13.1 Å². The summed E-state index contributed by atoms with van der Waals surface area (Å²) in [6.07, 6.45) is 7.04. The molecule has 1 N–H and O–H groups in total. The Labute approximate surface area is 114 Å². The summed E-state index contributed by atoms with van der Waals surface area (Å²) in [4.78, 5) is 0. The molecule has 0 atom stereocenters. The van der Waals surface area contributed by atoms with E-state index in [0.717, 1.165) is 24.9 Å². The second kappa shape index (κ2) is 5.49. The predicted octanol–water partition coefficient (Wildman–Crippen LogP) is 2.80. The molecule has 100 valence electrons. The van der Waals surface area contributed by atoms with E-state index in [1.54, 1.807) is 7.11 Å². The smallest absolute Gasteiger partial charge is 0.119 e. The van der Waals surface area contributed by atoms with Crippen LogP contribution in [0.25, 0.3) is 0 Å². The molecule has 1 aromatic heterocycles. The minimum absolute atomic E-state index is 0.765. The summed E-state index contributed by atoms with van der Waals surface area (Å²) in [6.45, 7) is 1.87. The standard InChI is InChI=1S/C16H20N2O/c1-19-16-4-2-3-13(9-16)11-18-8-7-14(12-18)10-17-15-5-6-15/h2-4,7-9,12,15,17H,5-6,10-11H2,1H3. The van der Waals surface area contributed by atoms with Gasteiger partial charge in [-0.1, -0.05) is 12.1 Å². The van der Waals surface area contributed by atoms with Crippen molar-refractivity contribution in [2.24, 2.45) is 0 Å². The maximum Gasteiger partial charge on any atom is 0.119 e. The first-order valence-electron chi connectivity index (χ1n) is 6.84. The van der Waals surface area contributed by atoms with Gasteiger partial charge < -0.3 is 14.6 Å². The molecule has 1 aliphatic rings. The Balaban J connectivity index is 1.61. The second-order valence-electron chi connectivity index (χ2n) is 5.20. The summed E-state index contributed by atoms with van der Waals surface area (Å²) in [5.74, 6) is 0.917. The summed E-state index contributed by atoms with van der Waals surface area (Å²) in [5.41, 5.74) is 2.62. The molecule has 0 unspecified atom stereocenters. The highest BCUT2D eigenvalue weighted by atomic mass is 16.5. The molecule has 1 saturated carbocycles. The topological polar surface area (TPSA) is 26.2 Å². The predicted molar refractivity (Wildman–Crippen MR) is 76.4 cm³/mol. The molecule has 3 rings (SSSR count). The van der Waals surface area contributed by atoms with Crippen LogP contribution in [0.4, 0.5) is 0 Å². The molecule has 0 aliphatic heterocycles. The zero-order valence-electron chi connectivity index (χ0n) is 11.3. The fourth-order valence-corrected chi connectivity index (χ4v) is 2.22. The number of hydrogen-bond acceptors (Lipinski definition) is 2. The van der Waals surface area contributed by atoms with Gasteiger partial charge in [-0.25, -0.2) is 0 Å². The molecule has 0 bridgehead atoms. The molecule has 1 heterocycles. The van der Waals surface area contributed by atoms with Gasteiger partial charge in [-0.3, -0.25) is 0 Å². The van der Waals surface area contributed by atoms with Gasteiger partial charge >= 0.3 is 0 Å². The molecule has 2 aromatic rings. The van der Waals surface area contributed by atoms with E-state index in [-0.39, 0.29) is 0 Å². The van der Waals surface area contributed by atoms with Gasteiger partial charge in [0.1, 0.15) is 5.75 Å². The Morgan fingerprint density at radius 1 is 1.26 bits per heavy atom. The number of methoxy groups -OCH3 is 1. The third kappa shape index (κ3) is 3.38. The second-order valence-corrected chi connectivity index (χ2v) is 5.20. The van der Waals surface area contributed by atoms with E-state index < -0.39 is 0 Å². The number of ether oxygens (including phenoxy) is 1. The van der Waals surface area contributed by atoms with Crippen LogP contribution in [0, 0.1) is 0 Å². The lowest BCUT2D eigenvalue weighted by Crippen LogP contribution is -2.14. The van der Waals surface area contributed by atoms with Gasteiger partial charge in [-0.15, -0.1) is 0 Å². The average molecular weight is 256 g/mol. The van der Waals surface area contributed by atoms with Gasteiger partial charge in [0.2, 0.25) is 0 Å². The normalized spacial score (nSPS) is 14.6. The van der Waals surface area contributed by atoms with Crippen molar-refractivity contribution >= 4 is 0 Å². The summed E-state index contributed by atoms with van der Waals surface area (Å²) < 4.78 is 7.47. The third-order valence-corrected chi connectivity index (χ3v) is 3.48. The van der Waals surface area contributed by atoms with Gasteiger partial charge in [-0.05, 0) is 42.2 Å². The van der Waals surface area contributed by atoms with E-state index >= 15 is 0 Å². The van der Waals surface area contributed by atoms with Crippen LogP contribution < -0.4 is 10.1 Å². The first-order valence-corrected chi connectivity index (χ1v) is 6.84. The van der Waals surface area contributed by atoms with Gasteiger partial charge in [-0.2, -0.15) is 0 Å². The molecule has 3 nitrogen and oxygen atoms in total. The maximum absolute atomic E-state index is 5.25. The number of hydrogen-bond donors (Lipinski definition) is 1. The van der Waals surface area contributed by atoms with Crippen LogP contribution in [0.1, 0.15) is 24.0 Å². The van der Waals surface area contributed by atoms with E-state index in [9.17, 15) is 0 Å². The highest BCUT2D eigenvalue weighted by molar-refractivity contribution is 5.28. The van der Waals surface area contributed by atoms with Gasteiger partial charge in [0.15, 0.2) is 0 Å². The molecule has 1 fully saturated rings. The molecular weight excluding hydrogens is 236 g/mol. The summed E-state index contributed by atoms with van der Waals surface area (Å²) in [5, 5.41) is 3.53. The van der Waals surface area contributed by atoms with Gasteiger partial charge in [0, 0.05) is 31.5 Å². The molecule has 0 radical (unpaired) electrons. The molecule has 1 aromatic carbocycles. The van der Waals surface area contributed by atoms with E-state index in [1.807, 2.05) is 12.1 Å². The fraction of sp³-hybridized carbons (Fsp3) is 0.375. The third-order valence-electron chi connectivity index (χ3n) is 3.48. The molecule has 19 heavy (non-hydrogen) atoms. The zero-order valence-corrected chi connectivity index (χ0v) is 11.3. The molecule has 0 amide bonds. The number of aromatic nitrogens is 1.